The van der Waals surface area contributed by atoms with E-state index >= 15 is 0 Å². The summed E-state index contributed by atoms with van der Waals surface area (Å²) >= 11 is 5.68. The molecule has 1 unspecified atom stereocenters. The van der Waals surface area contributed by atoms with Crippen LogP contribution in [-0.4, -0.2) is 17.9 Å². The molecule has 0 aromatic heterocycles. The number of hydrogen-bond acceptors (Lipinski definition) is 2. The van der Waals surface area contributed by atoms with E-state index in [1.165, 1.54) is 19.1 Å². The van der Waals surface area contributed by atoms with Crippen molar-refractivity contribution >= 4 is 29.1 Å². The van der Waals surface area contributed by atoms with Gasteiger partial charge in [0.15, 0.2) is 0 Å². The first kappa shape index (κ1) is 19.9. The molecule has 0 saturated carbocycles. The van der Waals surface area contributed by atoms with Crippen molar-refractivity contribution in [1.82, 2.24) is 5.32 Å². The van der Waals surface area contributed by atoms with Gasteiger partial charge in [0.25, 0.3) is 5.91 Å². The fraction of sp³-hybridized carbons (Fsp3) is 0.300. The number of rotatable bonds is 4. The second-order valence-electron chi connectivity index (χ2n) is 7.14. The molecule has 2 aromatic carbocycles. The quantitative estimate of drug-likeness (QED) is 0.823. The molecule has 0 bridgehead atoms. The van der Waals surface area contributed by atoms with Crippen molar-refractivity contribution in [3.05, 3.63) is 64.4 Å². The standard InChI is InChI=1S/C20H22ClFN2O2/c1-12(18(25)24-17-10-9-15(21)11-16(17)22)23-19(26)13-5-7-14(8-6-13)20(2,3)4/h5-12H,1-4H3,(H,23,26)(H,24,25). The van der Waals surface area contributed by atoms with Crippen LogP contribution in [0.15, 0.2) is 42.5 Å². The lowest BCUT2D eigenvalue weighted by molar-refractivity contribution is -0.117. The maximum atomic E-state index is 13.7. The van der Waals surface area contributed by atoms with Crippen LogP contribution in [0.1, 0.15) is 43.6 Å². The van der Waals surface area contributed by atoms with E-state index in [0.717, 1.165) is 11.6 Å². The maximum absolute atomic E-state index is 13.7. The number of carbonyl (C=O) groups is 2. The summed E-state index contributed by atoms with van der Waals surface area (Å²) in [7, 11) is 0. The molecule has 2 rings (SSSR count). The van der Waals surface area contributed by atoms with E-state index in [1.54, 1.807) is 12.1 Å². The van der Waals surface area contributed by atoms with Crippen LogP contribution in [0.5, 0.6) is 0 Å². The second-order valence-corrected chi connectivity index (χ2v) is 7.57. The molecule has 0 aliphatic rings. The maximum Gasteiger partial charge on any atom is 0.251 e. The van der Waals surface area contributed by atoms with Crippen molar-refractivity contribution in [2.75, 3.05) is 5.32 Å². The van der Waals surface area contributed by atoms with Crippen molar-refractivity contribution in [2.24, 2.45) is 0 Å². The molecule has 0 heterocycles. The lowest BCUT2D eigenvalue weighted by Gasteiger charge is -2.19. The molecule has 2 aromatic rings. The SMILES string of the molecule is CC(NC(=O)c1ccc(C(C)(C)C)cc1)C(=O)Nc1ccc(Cl)cc1F. The van der Waals surface area contributed by atoms with Gasteiger partial charge in [-0.25, -0.2) is 4.39 Å². The molecule has 4 nitrogen and oxygen atoms in total. The van der Waals surface area contributed by atoms with E-state index in [4.69, 9.17) is 11.6 Å². The summed E-state index contributed by atoms with van der Waals surface area (Å²) < 4.78 is 13.7. The van der Waals surface area contributed by atoms with Crippen LogP contribution >= 0.6 is 11.6 Å². The van der Waals surface area contributed by atoms with Gasteiger partial charge in [0.05, 0.1) is 5.69 Å². The van der Waals surface area contributed by atoms with Crippen LogP contribution < -0.4 is 10.6 Å². The summed E-state index contributed by atoms with van der Waals surface area (Å²) in [5.41, 5.74) is 1.56. The van der Waals surface area contributed by atoms with Crippen LogP contribution in [0, 0.1) is 5.82 Å². The Hall–Kier alpha value is -2.40. The van der Waals surface area contributed by atoms with Crippen molar-refractivity contribution < 1.29 is 14.0 Å². The largest absolute Gasteiger partial charge is 0.341 e. The van der Waals surface area contributed by atoms with Crippen LogP contribution in [0.25, 0.3) is 0 Å². The first-order valence-corrected chi connectivity index (χ1v) is 8.63. The van der Waals surface area contributed by atoms with Crippen LogP contribution in [-0.2, 0) is 10.2 Å². The monoisotopic (exact) mass is 376 g/mol. The summed E-state index contributed by atoms with van der Waals surface area (Å²) in [6.07, 6.45) is 0. The lowest BCUT2D eigenvalue weighted by Crippen LogP contribution is -2.41. The molecule has 0 spiro atoms. The van der Waals surface area contributed by atoms with Gasteiger partial charge in [-0.05, 0) is 48.2 Å². The number of benzene rings is 2. The Morgan fingerprint density at radius 3 is 2.23 bits per heavy atom. The van der Waals surface area contributed by atoms with Gasteiger partial charge in [0.1, 0.15) is 11.9 Å². The Balaban J connectivity index is 2.00. The second kappa shape index (κ2) is 7.87. The first-order valence-electron chi connectivity index (χ1n) is 8.25. The predicted octanol–water partition coefficient (Wildman–Crippen LogP) is 4.53. The number of halogens is 2. The number of anilines is 1. The zero-order valence-electron chi connectivity index (χ0n) is 15.2. The third-order valence-corrected chi connectivity index (χ3v) is 4.18. The number of hydrogen-bond donors (Lipinski definition) is 2. The van der Waals surface area contributed by atoms with Gasteiger partial charge < -0.3 is 10.6 Å². The molecule has 26 heavy (non-hydrogen) atoms. The summed E-state index contributed by atoms with van der Waals surface area (Å²) in [6, 6.07) is 10.3. The fourth-order valence-corrected chi connectivity index (χ4v) is 2.46. The third-order valence-electron chi connectivity index (χ3n) is 3.94. The van der Waals surface area contributed by atoms with E-state index in [0.29, 0.717) is 5.56 Å². The van der Waals surface area contributed by atoms with E-state index in [1.807, 2.05) is 12.1 Å². The van der Waals surface area contributed by atoms with Crippen molar-refractivity contribution in [3.63, 3.8) is 0 Å². The van der Waals surface area contributed by atoms with Crippen LogP contribution in [0.4, 0.5) is 10.1 Å². The highest BCUT2D eigenvalue weighted by atomic mass is 35.5. The molecule has 1 atom stereocenters. The van der Waals surface area contributed by atoms with Crippen molar-refractivity contribution in [2.45, 2.75) is 39.2 Å². The molecular weight excluding hydrogens is 355 g/mol. The van der Waals surface area contributed by atoms with Crippen LogP contribution in [0.3, 0.4) is 0 Å². The highest BCUT2D eigenvalue weighted by Crippen LogP contribution is 2.22. The van der Waals surface area contributed by atoms with E-state index in [-0.39, 0.29) is 22.0 Å². The topological polar surface area (TPSA) is 58.2 Å². The van der Waals surface area contributed by atoms with Gasteiger partial charge in [-0.15, -0.1) is 0 Å². The van der Waals surface area contributed by atoms with Gasteiger partial charge in [-0.1, -0.05) is 44.5 Å². The summed E-state index contributed by atoms with van der Waals surface area (Å²) in [5.74, 6) is -1.53. The predicted molar refractivity (Wildman–Crippen MR) is 102 cm³/mol. The van der Waals surface area contributed by atoms with Gasteiger partial charge in [0, 0.05) is 10.6 Å². The Labute approximate surface area is 157 Å². The summed E-state index contributed by atoms with van der Waals surface area (Å²) in [5, 5.41) is 5.28. The zero-order valence-corrected chi connectivity index (χ0v) is 15.9. The van der Waals surface area contributed by atoms with Crippen LogP contribution in [0.2, 0.25) is 5.02 Å². The average molecular weight is 377 g/mol. The average Bonchev–Trinajstić information content (AvgIpc) is 2.56. The Morgan fingerprint density at radius 1 is 1.08 bits per heavy atom. The van der Waals surface area contributed by atoms with Gasteiger partial charge in [0.2, 0.25) is 5.91 Å². The van der Waals surface area contributed by atoms with E-state index < -0.39 is 17.8 Å². The summed E-state index contributed by atoms with van der Waals surface area (Å²) in [6.45, 7) is 7.80. The van der Waals surface area contributed by atoms with Crippen molar-refractivity contribution in [3.8, 4) is 0 Å². The zero-order chi connectivity index (χ0) is 19.5. The molecule has 0 radical (unpaired) electrons. The molecule has 0 saturated heterocycles. The van der Waals surface area contributed by atoms with Gasteiger partial charge in [-0.3, -0.25) is 9.59 Å². The van der Waals surface area contributed by atoms with E-state index in [2.05, 4.69) is 31.4 Å². The molecular formula is C20H22ClFN2O2. The smallest absolute Gasteiger partial charge is 0.251 e. The fourth-order valence-electron chi connectivity index (χ4n) is 2.30. The normalized spacial score (nSPS) is 12.4. The molecule has 0 aliphatic carbocycles. The van der Waals surface area contributed by atoms with Gasteiger partial charge >= 0.3 is 0 Å². The third kappa shape index (κ3) is 5.05. The highest BCUT2D eigenvalue weighted by Gasteiger charge is 2.19. The minimum absolute atomic E-state index is 0.00909. The molecule has 2 N–H and O–H groups in total. The first-order chi connectivity index (χ1) is 12.1. The molecule has 6 heteroatoms. The Kier molecular flexibility index (Phi) is 6.03. The Morgan fingerprint density at radius 2 is 1.69 bits per heavy atom. The minimum Gasteiger partial charge on any atom is -0.341 e. The Bertz CT molecular complexity index is 814. The number of amides is 2. The summed E-state index contributed by atoms with van der Waals surface area (Å²) in [4.78, 5) is 24.5. The number of nitrogens with one attached hydrogen (secondary N) is 2. The van der Waals surface area contributed by atoms with Gasteiger partial charge in [-0.2, -0.15) is 0 Å². The molecule has 0 aliphatic heterocycles. The number of carbonyl (C=O) groups excluding carboxylic acids is 2. The van der Waals surface area contributed by atoms with Crippen molar-refractivity contribution in [1.29, 1.82) is 0 Å². The molecule has 138 valence electrons. The van der Waals surface area contributed by atoms with E-state index in [9.17, 15) is 14.0 Å². The lowest BCUT2D eigenvalue weighted by atomic mass is 9.86. The highest BCUT2D eigenvalue weighted by molar-refractivity contribution is 6.30. The minimum atomic E-state index is -0.833. The molecule has 2 amide bonds. The molecule has 0 fully saturated rings.